The molecule has 2 rings (SSSR count). The number of nitrogens with two attached hydrogens (primary N) is 1. The molecular formula is C12H23N7O. The summed E-state index contributed by atoms with van der Waals surface area (Å²) in [6.45, 7) is 9.50. The second-order valence-electron chi connectivity index (χ2n) is 5.02. The summed E-state index contributed by atoms with van der Waals surface area (Å²) in [6.07, 6.45) is 2.83. The van der Waals surface area contributed by atoms with Gasteiger partial charge in [-0.1, -0.05) is 12.1 Å². The zero-order valence-corrected chi connectivity index (χ0v) is 12.0. The Bertz CT molecular complexity index is 425. The second kappa shape index (κ2) is 7.32. The van der Waals surface area contributed by atoms with E-state index in [0.717, 1.165) is 39.3 Å². The molecule has 1 aromatic heterocycles. The molecule has 1 aromatic rings. The van der Waals surface area contributed by atoms with Gasteiger partial charge >= 0.3 is 0 Å². The van der Waals surface area contributed by atoms with Crippen LogP contribution in [0.15, 0.2) is 6.20 Å². The lowest BCUT2D eigenvalue weighted by molar-refractivity contribution is 0.0948. The highest BCUT2D eigenvalue weighted by atomic mass is 16.2. The molecule has 8 heteroatoms. The molecule has 2 heterocycles. The van der Waals surface area contributed by atoms with Gasteiger partial charge in [0.15, 0.2) is 5.69 Å². The average molecular weight is 281 g/mol. The molecule has 1 amide bonds. The van der Waals surface area contributed by atoms with Crippen molar-refractivity contribution in [2.75, 3.05) is 39.3 Å². The van der Waals surface area contributed by atoms with Crippen LogP contribution in [0.25, 0.3) is 0 Å². The van der Waals surface area contributed by atoms with Crippen molar-refractivity contribution in [2.24, 2.45) is 5.84 Å². The molecule has 112 valence electrons. The first-order valence-corrected chi connectivity index (χ1v) is 7.08. The van der Waals surface area contributed by atoms with E-state index in [2.05, 4.69) is 27.0 Å². The fraction of sp³-hybridized carbons (Fsp3) is 0.750. The summed E-state index contributed by atoms with van der Waals surface area (Å²) in [5.41, 5.74) is 2.30. The van der Waals surface area contributed by atoms with E-state index in [9.17, 15) is 4.79 Å². The van der Waals surface area contributed by atoms with E-state index in [0.29, 0.717) is 0 Å². The van der Waals surface area contributed by atoms with Crippen LogP contribution in [0, 0.1) is 0 Å². The molecule has 1 fully saturated rings. The van der Waals surface area contributed by atoms with Gasteiger partial charge in [0.1, 0.15) is 0 Å². The highest BCUT2D eigenvalue weighted by molar-refractivity contribution is 5.91. The molecule has 3 N–H and O–H groups in total. The lowest BCUT2D eigenvalue weighted by Crippen LogP contribution is -2.47. The number of hydrogen-bond acceptors (Lipinski definition) is 6. The maximum Gasteiger partial charge on any atom is 0.287 e. The van der Waals surface area contributed by atoms with E-state index < -0.39 is 5.91 Å². The summed E-state index contributed by atoms with van der Waals surface area (Å²) < 4.78 is 1.68. The normalized spacial score (nSPS) is 17.3. The van der Waals surface area contributed by atoms with E-state index >= 15 is 0 Å². The van der Waals surface area contributed by atoms with Crippen molar-refractivity contribution >= 4 is 5.91 Å². The van der Waals surface area contributed by atoms with Crippen molar-refractivity contribution in [1.29, 1.82) is 0 Å². The van der Waals surface area contributed by atoms with Crippen molar-refractivity contribution in [3.63, 3.8) is 0 Å². The van der Waals surface area contributed by atoms with Crippen molar-refractivity contribution in [1.82, 2.24) is 30.2 Å². The Balaban J connectivity index is 1.73. The molecule has 1 aliphatic rings. The summed E-state index contributed by atoms with van der Waals surface area (Å²) in [7, 11) is 0. The first-order chi connectivity index (χ1) is 9.72. The number of carbonyl (C=O) groups excluding carboxylic acids is 1. The van der Waals surface area contributed by atoms with Crippen LogP contribution in [0.1, 0.15) is 23.8 Å². The lowest BCUT2D eigenvalue weighted by atomic mass is 10.3. The Hall–Kier alpha value is -1.51. The van der Waals surface area contributed by atoms with Crippen LogP contribution in [-0.2, 0) is 6.54 Å². The van der Waals surface area contributed by atoms with Gasteiger partial charge in [-0.3, -0.25) is 19.8 Å². The number of carbonyl (C=O) groups is 1. The van der Waals surface area contributed by atoms with Gasteiger partial charge in [-0.25, -0.2) is 5.84 Å². The monoisotopic (exact) mass is 281 g/mol. The van der Waals surface area contributed by atoms with Crippen molar-refractivity contribution in [3.05, 3.63) is 11.9 Å². The van der Waals surface area contributed by atoms with Gasteiger partial charge < -0.3 is 4.90 Å². The maximum atomic E-state index is 11.3. The standard InChI is InChI=1S/C12H23N7O/c1-2-3-17-4-6-18(7-5-17)8-9-19-10-11(15-16-19)12(20)14-13/h10H,2-9,13H2,1H3,(H,14,20). The SMILES string of the molecule is CCCN1CCN(CCn2cc(C(=O)NN)nn2)CC1. The van der Waals surface area contributed by atoms with E-state index in [1.54, 1.807) is 10.9 Å². The number of nitrogens with one attached hydrogen (secondary N) is 1. The molecule has 0 unspecified atom stereocenters. The largest absolute Gasteiger partial charge is 0.301 e. The fourth-order valence-electron chi connectivity index (χ4n) is 2.38. The quantitative estimate of drug-likeness (QED) is 0.391. The van der Waals surface area contributed by atoms with Crippen LogP contribution in [-0.4, -0.2) is 70.0 Å². The predicted molar refractivity (Wildman–Crippen MR) is 74.8 cm³/mol. The number of hydrogen-bond donors (Lipinski definition) is 2. The zero-order valence-electron chi connectivity index (χ0n) is 12.0. The molecule has 0 aliphatic carbocycles. The van der Waals surface area contributed by atoms with Crippen molar-refractivity contribution < 1.29 is 4.79 Å². The van der Waals surface area contributed by atoms with Crippen LogP contribution in [0.4, 0.5) is 0 Å². The van der Waals surface area contributed by atoms with Crippen LogP contribution < -0.4 is 11.3 Å². The summed E-state index contributed by atoms with van der Waals surface area (Å²) >= 11 is 0. The highest BCUT2D eigenvalue weighted by Crippen LogP contribution is 2.03. The number of hydrazine groups is 1. The molecular weight excluding hydrogens is 258 g/mol. The maximum absolute atomic E-state index is 11.3. The number of amides is 1. The third kappa shape index (κ3) is 3.99. The van der Waals surface area contributed by atoms with E-state index in [4.69, 9.17) is 5.84 Å². The minimum atomic E-state index is -0.413. The van der Waals surface area contributed by atoms with Crippen LogP contribution >= 0.6 is 0 Å². The molecule has 8 nitrogen and oxygen atoms in total. The molecule has 0 saturated carbocycles. The van der Waals surface area contributed by atoms with Gasteiger partial charge in [0, 0.05) is 32.7 Å². The molecule has 0 bridgehead atoms. The number of nitrogens with zero attached hydrogens (tertiary/aromatic N) is 5. The van der Waals surface area contributed by atoms with Gasteiger partial charge in [-0.2, -0.15) is 0 Å². The smallest absolute Gasteiger partial charge is 0.287 e. The molecule has 1 saturated heterocycles. The molecule has 0 spiro atoms. The predicted octanol–water partition coefficient (Wildman–Crippen LogP) is -1.09. The fourth-order valence-corrected chi connectivity index (χ4v) is 2.38. The molecule has 0 aromatic carbocycles. The number of nitrogen functional groups attached to an aromatic ring is 1. The molecule has 20 heavy (non-hydrogen) atoms. The van der Waals surface area contributed by atoms with Gasteiger partial charge in [0.05, 0.1) is 12.7 Å². The summed E-state index contributed by atoms with van der Waals surface area (Å²) in [5.74, 6) is 4.64. The molecule has 1 aliphatic heterocycles. The third-order valence-electron chi connectivity index (χ3n) is 3.55. The van der Waals surface area contributed by atoms with Gasteiger partial charge in [0.25, 0.3) is 5.91 Å². The summed E-state index contributed by atoms with van der Waals surface area (Å²) in [4.78, 5) is 16.2. The van der Waals surface area contributed by atoms with Gasteiger partial charge in [-0.05, 0) is 13.0 Å². The van der Waals surface area contributed by atoms with Crippen LogP contribution in [0.5, 0.6) is 0 Å². The average Bonchev–Trinajstić information content (AvgIpc) is 2.95. The minimum absolute atomic E-state index is 0.250. The Labute approximate surface area is 118 Å². The Morgan fingerprint density at radius 3 is 2.50 bits per heavy atom. The van der Waals surface area contributed by atoms with Gasteiger partial charge in [0.2, 0.25) is 0 Å². The van der Waals surface area contributed by atoms with E-state index in [-0.39, 0.29) is 5.69 Å². The van der Waals surface area contributed by atoms with Crippen LogP contribution in [0.2, 0.25) is 0 Å². The van der Waals surface area contributed by atoms with Crippen LogP contribution in [0.3, 0.4) is 0 Å². The number of aromatic nitrogens is 3. The first-order valence-electron chi connectivity index (χ1n) is 7.08. The first kappa shape index (κ1) is 14.9. The summed E-state index contributed by atoms with van der Waals surface area (Å²) in [5, 5.41) is 7.71. The lowest BCUT2D eigenvalue weighted by Gasteiger charge is -2.34. The van der Waals surface area contributed by atoms with Gasteiger partial charge in [-0.15, -0.1) is 5.10 Å². The second-order valence-corrected chi connectivity index (χ2v) is 5.02. The number of rotatable bonds is 6. The minimum Gasteiger partial charge on any atom is -0.301 e. The molecule has 0 radical (unpaired) electrons. The molecule has 0 atom stereocenters. The summed E-state index contributed by atoms with van der Waals surface area (Å²) in [6, 6.07) is 0. The van der Waals surface area contributed by atoms with E-state index in [1.165, 1.54) is 13.0 Å². The Morgan fingerprint density at radius 1 is 1.25 bits per heavy atom. The van der Waals surface area contributed by atoms with Crippen molar-refractivity contribution in [2.45, 2.75) is 19.9 Å². The zero-order chi connectivity index (χ0) is 14.4. The Morgan fingerprint density at radius 2 is 1.90 bits per heavy atom. The Kier molecular flexibility index (Phi) is 5.45. The topological polar surface area (TPSA) is 92.3 Å². The number of piperazine rings is 1. The van der Waals surface area contributed by atoms with Crippen molar-refractivity contribution in [3.8, 4) is 0 Å². The highest BCUT2D eigenvalue weighted by Gasteiger charge is 2.16. The third-order valence-corrected chi connectivity index (χ3v) is 3.55. The van der Waals surface area contributed by atoms with E-state index in [1.807, 2.05) is 5.43 Å².